The summed E-state index contributed by atoms with van der Waals surface area (Å²) in [6.07, 6.45) is 1.88. The summed E-state index contributed by atoms with van der Waals surface area (Å²) in [5, 5.41) is 3.57. The Bertz CT molecular complexity index is 1390. The first-order valence-electron chi connectivity index (χ1n) is 11.8. The number of hydrogen-bond acceptors (Lipinski definition) is 3. The summed E-state index contributed by atoms with van der Waals surface area (Å²) < 4.78 is 1.84. The predicted molar refractivity (Wildman–Crippen MR) is 145 cm³/mol. The Kier molecular flexibility index (Phi) is 7.55. The van der Waals surface area contributed by atoms with Gasteiger partial charge < -0.3 is 4.90 Å². The van der Waals surface area contributed by atoms with Crippen LogP contribution in [0.5, 0.6) is 0 Å². The molecule has 1 heterocycles. The summed E-state index contributed by atoms with van der Waals surface area (Å²) in [7, 11) is 0. The number of nitrogens with one attached hydrogen (secondary N) is 1. The third kappa shape index (κ3) is 5.66. The fraction of sp³-hybridized carbons (Fsp3) is 0.207. The number of aryl methyl sites for hydroxylation is 2. The van der Waals surface area contributed by atoms with Crippen molar-refractivity contribution < 1.29 is 9.59 Å². The third-order valence-corrected chi connectivity index (χ3v) is 6.20. The molecular formula is C29H29ClN4O2. The number of nitrogens with zero attached hydrogens (tertiary/aromatic N) is 3. The molecular weight excluding hydrogens is 472 g/mol. The predicted octanol–water partition coefficient (Wildman–Crippen LogP) is 6.30. The Morgan fingerprint density at radius 2 is 1.72 bits per heavy atom. The minimum atomic E-state index is -0.326. The largest absolute Gasteiger partial charge is 0.327 e. The van der Waals surface area contributed by atoms with Gasteiger partial charge >= 0.3 is 0 Å². The van der Waals surface area contributed by atoms with Crippen LogP contribution >= 0.6 is 11.6 Å². The van der Waals surface area contributed by atoms with Crippen LogP contribution in [0, 0.1) is 13.8 Å². The van der Waals surface area contributed by atoms with Gasteiger partial charge in [0.05, 0.1) is 5.69 Å². The van der Waals surface area contributed by atoms with Crippen molar-refractivity contribution in [1.82, 2.24) is 14.5 Å². The highest BCUT2D eigenvalue weighted by atomic mass is 35.5. The fourth-order valence-corrected chi connectivity index (χ4v) is 4.10. The molecule has 3 aromatic carbocycles. The minimum absolute atomic E-state index is 0.0954. The maximum absolute atomic E-state index is 13.3. The van der Waals surface area contributed by atoms with E-state index in [0.717, 1.165) is 22.4 Å². The van der Waals surface area contributed by atoms with Gasteiger partial charge in [0.2, 0.25) is 11.9 Å². The molecule has 0 aliphatic heterocycles. The maximum atomic E-state index is 13.3. The highest BCUT2D eigenvalue weighted by molar-refractivity contribution is 6.30. The number of halogens is 1. The van der Waals surface area contributed by atoms with Crippen molar-refractivity contribution in [3.8, 4) is 16.9 Å². The summed E-state index contributed by atoms with van der Waals surface area (Å²) in [4.78, 5) is 32.7. The summed E-state index contributed by atoms with van der Waals surface area (Å²) in [6, 6.07) is 22.6. The fourth-order valence-electron chi connectivity index (χ4n) is 3.98. The van der Waals surface area contributed by atoms with Crippen LogP contribution in [-0.2, 0) is 4.79 Å². The standard InChI is InChI=1S/C29H29ClN4O2/c1-19(2)33(28(36)25-11-6-5-9-21(25)4)18-27(35)32-29-31-26(22-12-14-23(30)15-13-22)17-34(29)24-10-7-8-20(3)16-24/h5-17,19H,18H2,1-4H3,(H,31,32,35). The number of anilines is 1. The molecule has 6 nitrogen and oxygen atoms in total. The second-order valence-electron chi connectivity index (χ2n) is 9.06. The number of imidazole rings is 1. The van der Waals surface area contributed by atoms with Crippen LogP contribution in [0.15, 0.2) is 79.0 Å². The van der Waals surface area contributed by atoms with Gasteiger partial charge in [0.1, 0.15) is 6.54 Å². The van der Waals surface area contributed by atoms with Crippen LogP contribution in [0.1, 0.15) is 35.3 Å². The van der Waals surface area contributed by atoms with Crippen molar-refractivity contribution in [3.63, 3.8) is 0 Å². The van der Waals surface area contributed by atoms with Gasteiger partial charge in [0.25, 0.3) is 5.91 Å². The lowest BCUT2D eigenvalue weighted by atomic mass is 10.1. The Hall–Kier alpha value is -3.90. The van der Waals surface area contributed by atoms with Crippen LogP contribution in [0.4, 0.5) is 5.95 Å². The Labute approximate surface area is 216 Å². The summed E-state index contributed by atoms with van der Waals surface area (Å²) in [5.41, 5.74) is 4.98. The number of benzene rings is 3. The molecule has 0 atom stereocenters. The van der Waals surface area contributed by atoms with Gasteiger partial charge in [-0.1, -0.05) is 54.1 Å². The second-order valence-corrected chi connectivity index (χ2v) is 9.49. The molecule has 0 spiro atoms. The smallest absolute Gasteiger partial charge is 0.254 e. The zero-order chi connectivity index (χ0) is 25.8. The Balaban J connectivity index is 1.64. The van der Waals surface area contributed by atoms with Gasteiger partial charge in [-0.2, -0.15) is 0 Å². The molecule has 2 amide bonds. The Morgan fingerprint density at radius 1 is 1.00 bits per heavy atom. The lowest BCUT2D eigenvalue weighted by molar-refractivity contribution is -0.117. The van der Waals surface area contributed by atoms with Gasteiger partial charge in [0.15, 0.2) is 0 Å². The summed E-state index contributed by atoms with van der Waals surface area (Å²) in [5.74, 6) is -0.127. The Morgan fingerprint density at radius 3 is 2.39 bits per heavy atom. The van der Waals surface area contributed by atoms with E-state index in [2.05, 4.69) is 5.32 Å². The maximum Gasteiger partial charge on any atom is 0.254 e. The van der Waals surface area contributed by atoms with E-state index in [-0.39, 0.29) is 24.4 Å². The van der Waals surface area contributed by atoms with Crippen molar-refractivity contribution in [2.24, 2.45) is 0 Å². The molecule has 0 bridgehead atoms. The van der Waals surface area contributed by atoms with E-state index >= 15 is 0 Å². The number of rotatable bonds is 7. The topological polar surface area (TPSA) is 67.2 Å². The van der Waals surface area contributed by atoms with Gasteiger partial charge in [-0.25, -0.2) is 4.98 Å². The van der Waals surface area contributed by atoms with Crippen LogP contribution in [0.2, 0.25) is 5.02 Å². The molecule has 1 aromatic heterocycles. The number of carbonyl (C=O) groups is 2. The van der Waals surface area contributed by atoms with E-state index in [1.54, 1.807) is 23.1 Å². The lowest BCUT2D eigenvalue weighted by Gasteiger charge is -2.26. The average molecular weight is 501 g/mol. The average Bonchev–Trinajstić information content (AvgIpc) is 3.26. The molecule has 7 heteroatoms. The molecule has 0 radical (unpaired) electrons. The number of carbonyl (C=O) groups excluding carboxylic acids is 2. The van der Waals surface area contributed by atoms with Gasteiger partial charge in [-0.05, 0) is 69.2 Å². The summed E-state index contributed by atoms with van der Waals surface area (Å²) >= 11 is 6.06. The quantitative estimate of drug-likeness (QED) is 0.324. The SMILES string of the molecule is Cc1cccc(-n2cc(-c3ccc(Cl)cc3)nc2NC(=O)CN(C(=O)c2ccccc2C)C(C)C)c1. The first kappa shape index (κ1) is 25.2. The molecule has 0 fully saturated rings. The molecule has 184 valence electrons. The van der Waals surface area contributed by atoms with E-state index in [1.807, 2.05) is 93.1 Å². The van der Waals surface area contributed by atoms with Crippen LogP contribution < -0.4 is 5.32 Å². The van der Waals surface area contributed by atoms with E-state index in [1.165, 1.54) is 0 Å². The normalized spacial score (nSPS) is 10.9. The molecule has 0 aliphatic carbocycles. The highest BCUT2D eigenvalue weighted by Crippen LogP contribution is 2.26. The van der Waals surface area contributed by atoms with Gasteiger partial charge in [-0.3, -0.25) is 19.5 Å². The summed E-state index contributed by atoms with van der Waals surface area (Å²) in [6.45, 7) is 7.60. The third-order valence-electron chi connectivity index (χ3n) is 5.95. The van der Waals surface area contributed by atoms with Crippen molar-refractivity contribution in [2.75, 3.05) is 11.9 Å². The van der Waals surface area contributed by atoms with E-state index in [0.29, 0.717) is 22.2 Å². The first-order valence-corrected chi connectivity index (χ1v) is 12.2. The molecule has 4 aromatic rings. The molecule has 0 saturated carbocycles. The lowest BCUT2D eigenvalue weighted by Crippen LogP contribution is -2.42. The molecule has 36 heavy (non-hydrogen) atoms. The molecule has 0 saturated heterocycles. The van der Waals surface area contributed by atoms with Crippen molar-refractivity contribution in [3.05, 3.63) is 101 Å². The van der Waals surface area contributed by atoms with E-state index in [4.69, 9.17) is 16.6 Å². The van der Waals surface area contributed by atoms with Crippen molar-refractivity contribution in [1.29, 1.82) is 0 Å². The van der Waals surface area contributed by atoms with Gasteiger partial charge in [-0.15, -0.1) is 0 Å². The monoisotopic (exact) mass is 500 g/mol. The van der Waals surface area contributed by atoms with Crippen LogP contribution in [-0.4, -0.2) is 38.9 Å². The van der Waals surface area contributed by atoms with Crippen molar-refractivity contribution in [2.45, 2.75) is 33.7 Å². The number of aromatic nitrogens is 2. The molecule has 0 aliphatic rings. The molecule has 0 unspecified atom stereocenters. The van der Waals surface area contributed by atoms with Crippen LogP contribution in [0.3, 0.4) is 0 Å². The zero-order valence-electron chi connectivity index (χ0n) is 20.8. The van der Waals surface area contributed by atoms with Gasteiger partial charge in [0, 0.05) is 34.1 Å². The molecule has 1 N–H and O–H groups in total. The molecule has 4 rings (SSSR count). The highest BCUT2D eigenvalue weighted by Gasteiger charge is 2.24. The second kappa shape index (κ2) is 10.8. The van der Waals surface area contributed by atoms with Crippen molar-refractivity contribution >= 4 is 29.4 Å². The first-order chi connectivity index (χ1) is 17.2. The number of amides is 2. The van der Waals surface area contributed by atoms with E-state index < -0.39 is 0 Å². The van der Waals surface area contributed by atoms with E-state index in [9.17, 15) is 9.59 Å². The number of hydrogen-bond donors (Lipinski definition) is 1. The zero-order valence-corrected chi connectivity index (χ0v) is 21.6. The van der Waals surface area contributed by atoms with Crippen LogP contribution in [0.25, 0.3) is 16.9 Å². The minimum Gasteiger partial charge on any atom is -0.327 e.